The highest BCUT2D eigenvalue weighted by Crippen LogP contribution is 2.29. The molecule has 0 amide bonds. The highest BCUT2D eigenvalue weighted by Gasteiger charge is 2.34. The number of hydrogen-bond donors (Lipinski definition) is 2. The minimum atomic E-state index is -3.97. The van der Waals surface area contributed by atoms with Gasteiger partial charge in [-0.05, 0) is 24.3 Å². The highest BCUT2D eigenvalue weighted by molar-refractivity contribution is 7.89. The van der Waals surface area contributed by atoms with Crippen molar-refractivity contribution in [1.82, 2.24) is 4.72 Å². The summed E-state index contributed by atoms with van der Waals surface area (Å²) >= 11 is 21.6. The lowest BCUT2D eigenvalue weighted by atomic mass is 10.4. The van der Waals surface area contributed by atoms with Crippen molar-refractivity contribution in [3.8, 4) is 0 Å². The second-order valence-corrected chi connectivity index (χ2v) is 7.54. The minimum absolute atomic E-state index is 0.102. The number of benzene rings is 1. The second kappa shape index (κ2) is 5.48. The highest BCUT2D eigenvalue weighted by atomic mass is 35.6. The first-order chi connectivity index (χ1) is 7.63. The van der Waals surface area contributed by atoms with Crippen LogP contribution in [0.1, 0.15) is 0 Å². The number of halogens is 4. The fourth-order valence-corrected chi connectivity index (χ4v) is 2.48. The van der Waals surface area contributed by atoms with Crippen LogP contribution in [-0.4, -0.2) is 23.5 Å². The van der Waals surface area contributed by atoms with E-state index in [9.17, 15) is 13.5 Å². The molecule has 2 N–H and O–H groups in total. The number of rotatable bonds is 3. The molecular weight excluding hydrogens is 332 g/mol. The Balaban J connectivity index is 2.94. The summed E-state index contributed by atoms with van der Waals surface area (Å²) in [4.78, 5) is -0.102. The van der Waals surface area contributed by atoms with Crippen molar-refractivity contribution in [2.24, 2.45) is 0 Å². The lowest BCUT2D eigenvalue weighted by Gasteiger charge is -2.19. The van der Waals surface area contributed by atoms with E-state index < -0.39 is 20.0 Å². The van der Waals surface area contributed by atoms with E-state index in [0.717, 1.165) is 0 Å². The third-order valence-corrected chi connectivity index (χ3v) is 4.00. The fraction of sp³-hybridized carbons (Fsp3) is 0.250. The molecule has 0 fully saturated rings. The molecule has 0 aliphatic rings. The molecule has 4 nitrogen and oxygen atoms in total. The van der Waals surface area contributed by atoms with E-state index in [1.54, 1.807) is 0 Å². The Morgan fingerprint density at radius 3 is 2.06 bits per heavy atom. The number of sulfonamides is 1. The van der Waals surface area contributed by atoms with Crippen LogP contribution in [0.2, 0.25) is 5.02 Å². The van der Waals surface area contributed by atoms with Gasteiger partial charge in [0.2, 0.25) is 13.8 Å². The first-order valence-corrected chi connectivity index (χ1v) is 7.15. The second-order valence-electron chi connectivity index (χ2n) is 3.02. The minimum Gasteiger partial charge on any atom is -0.373 e. The maximum atomic E-state index is 11.7. The molecule has 1 aromatic rings. The van der Waals surface area contributed by atoms with E-state index in [1.165, 1.54) is 24.3 Å². The van der Waals surface area contributed by atoms with Crippen molar-refractivity contribution < 1.29 is 13.5 Å². The van der Waals surface area contributed by atoms with Gasteiger partial charge in [0.1, 0.15) is 0 Å². The summed E-state index contributed by atoms with van der Waals surface area (Å²) < 4.78 is 23.1. The van der Waals surface area contributed by atoms with Crippen LogP contribution in [0.25, 0.3) is 0 Å². The molecule has 0 bridgehead atoms. The molecule has 0 saturated heterocycles. The Bertz CT molecular complexity index is 482. The molecule has 0 aromatic heterocycles. The molecule has 1 aromatic carbocycles. The summed E-state index contributed by atoms with van der Waals surface area (Å²) in [5, 5.41) is 9.71. The number of aliphatic hydroxyl groups is 1. The summed E-state index contributed by atoms with van der Waals surface area (Å²) in [6, 6.07) is 5.29. The summed E-state index contributed by atoms with van der Waals surface area (Å²) in [7, 11) is -3.97. The Hall–Kier alpha value is 0.250. The topological polar surface area (TPSA) is 66.4 Å². The smallest absolute Gasteiger partial charge is 0.242 e. The van der Waals surface area contributed by atoms with E-state index in [-0.39, 0.29) is 4.90 Å². The lowest BCUT2D eigenvalue weighted by Crippen LogP contribution is -2.43. The van der Waals surface area contributed by atoms with Gasteiger partial charge in [0.15, 0.2) is 6.23 Å². The van der Waals surface area contributed by atoms with Gasteiger partial charge in [-0.25, -0.2) is 8.42 Å². The molecule has 0 aliphatic carbocycles. The Morgan fingerprint density at radius 1 is 1.18 bits per heavy atom. The molecule has 1 rings (SSSR count). The average Bonchev–Trinajstić information content (AvgIpc) is 2.16. The third-order valence-electron chi connectivity index (χ3n) is 1.70. The van der Waals surface area contributed by atoms with Crippen LogP contribution in [-0.2, 0) is 10.0 Å². The van der Waals surface area contributed by atoms with Gasteiger partial charge in [0.25, 0.3) is 0 Å². The number of aliphatic hydroxyl groups excluding tert-OH is 1. The van der Waals surface area contributed by atoms with Crippen LogP contribution in [0.15, 0.2) is 29.2 Å². The number of nitrogens with one attached hydrogen (secondary N) is 1. The van der Waals surface area contributed by atoms with Gasteiger partial charge in [-0.1, -0.05) is 46.4 Å². The molecule has 0 unspecified atom stereocenters. The lowest BCUT2D eigenvalue weighted by molar-refractivity contribution is 0.167. The molecule has 0 spiro atoms. The Kier molecular flexibility index (Phi) is 4.94. The van der Waals surface area contributed by atoms with Crippen molar-refractivity contribution in [2.75, 3.05) is 0 Å². The molecule has 0 aliphatic heterocycles. The van der Waals surface area contributed by atoms with E-state index in [2.05, 4.69) is 0 Å². The van der Waals surface area contributed by atoms with Gasteiger partial charge in [0, 0.05) is 5.02 Å². The van der Waals surface area contributed by atoms with Crippen LogP contribution in [0.3, 0.4) is 0 Å². The fourth-order valence-electron chi connectivity index (χ4n) is 0.896. The van der Waals surface area contributed by atoms with Gasteiger partial charge < -0.3 is 5.11 Å². The number of hydrogen-bond acceptors (Lipinski definition) is 3. The van der Waals surface area contributed by atoms with Crippen molar-refractivity contribution in [1.29, 1.82) is 0 Å². The summed E-state index contributed by atoms with van der Waals surface area (Å²) in [6.45, 7) is 0. The Labute approximate surface area is 118 Å². The van der Waals surface area contributed by atoms with Crippen LogP contribution >= 0.6 is 46.4 Å². The molecule has 9 heteroatoms. The Morgan fingerprint density at radius 2 is 1.65 bits per heavy atom. The van der Waals surface area contributed by atoms with E-state index in [0.29, 0.717) is 5.02 Å². The molecule has 0 saturated carbocycles. The molecule has 0 radical (unpaired) electrons. The zero-order valence-corrected chi connectivity index (χ0v) is 11.9. The summed E-state index contributed by atoms with van der Waals surface area (Å²) in [5.41, 5.74) is 0. The normalized spacial score (nSPS) is 14.6. The van der Waals surface area contributed by atoms with Crippen LogP contribution in [0, 0.1) is 0 Å². The molecular formula is C8H7Cl4NO3S. The van der Waals surface area contributed by atoms with Crippen LogP contribution < -0.4 is 4.72 Å². The van der Waals surface area contributed by atoms with Crippen molar-refractivity contribution in [3.63, 3.8) is 0 Å². The average molecular weight is 339 g/mol. The van der Waals surface area contributed by atoms with Crippen molar-refractivity contribution in [3.05, 3.63) is 29.3 Å². The van der Waals surface area contributed by atoms with Crippen molar-refractivity contribution in [2.45, 2.75) is 14.9 Å². The van der Waals surface area contributed by atoms with Gasteiger partial charge in [0.05, 0.1) is 4.90 Å². The van der Waals surface area contributed by atoms with E-state index in [1.807, 2.05) is 4.72 Å². The first kappa shape index (κ1) is 15.3. The van der Waals surface area contributed by atoms with Crippen molar-refractivity contribution >= 4 is 56.4 Å². The van der Waals surface area contributed by atoms with Crippen LogP contribution in [0.5, 0.6) is 0 Å². The summed E-state index contributed by atoms with van der Waals surface area (Å²) in [6.07, 6.45) is -1.85. The van der Waals surface area contributed by atoms with Gasteiger partial charge in [-0.2, -0.15) is 4.72 Å². The maximum Gasteiger partial charge on any atom is 0.242 e. The molecule has 1 atom stereocenters. The quantitative estimate of drug-likeness (QED) is 0.656. The van der Waals surface area contributed by atoms with Crippen LogP contribution in [0.4, 0.5) is 0 Å². The molecule has 0 heterocycles. The predicted octanol–water partition coefficient (Wildman–Crippen LogP) is 2.31. The van der Waals surface area contributed by atoms with Gasteiger partial charge in [-0.15, -0.1) is 0 Å². The standard InChI is InChI=1S/C8H7Cl4NO3S/c9-5-1-3-6(4-2-5)17(15,16)13-7(14)8(10,11)12/h1-4,7,13-14H/t7-/m0/s1. The molecule has 96 valence electrons. The predicted molar refractivity (Wildman–Crippen MR) is 68.1 cm³/mol. The van der Waals surface area contributed by atoms with E-state index in [4.69, 9.17) is 46.4 Å². The zero-order valence-electron chi connectivity index (χ0n) is 8.07. The maximum absolute atomic E-state index is 11.7. The summed E-state index contributed by atoms with van der Waals surface area (Å²) in [5.74, 6) is 0. The molecule has 17 heavy (non-hydrogen) atoms. The van der Waals surface area contributed by atoms with Gasteiger partial charge in [-0.3, -0.25) is 0 Å². The van der Waals surface area contributed by atoms with E-state index >= 15 is 0 Å². The largest absolute Gasteiger partial charge is 0.373 e. The first-order valence-electron chi connectivity index (χ1n) is 4.15. The zero-order chi connectivity index (χ0) is 13.3. The number of alkyl halides is 3. The van der Waals surface area contributed by atoms with Gasteiger partial charge >= 0.3 is 0 Å². The third kappa shape index (κ3) is 4.44. The SMILES string of the molecule is O=S(=O)(N[C@@H](O)C(Cl)(Cl)Cl)c1ccc(Cl)cc1. The monoisotopic (exact) mass is 337 g/mol.